The van der Waals surface area contributed by atoms with Gasteiger partial charge in [-0.1, -0.05) is 0 Å². The highest BCUT2D eigenvalue weighted by Crippen LogP contribution is 2.21. The van der Waals surface area contributed by atoms with Crippen LogP contribution >= 0.6 is 0 Å². The normalized spacial score (nSPS) is 16.0. The van der Waals surface area contributed by atoms with Crippen LogP contribution in [0.2, 0.25) is 0 Å². The molecule has 5 nitrogen and oxygen atoms in total. The standard InChI is InChI=1S/C15H21N3O2/c1-11(19)14-3-4-15(17-10-14)18-7-5-13(6-8-18)9-16-12(2)20/h3-4,10,13H,5-9H2,1-2H3,(H,16,20). The van der Waals surface area contributed by atoms with Crippen LogP contribution in [0.3, 0.4) is 0 Å². The summed E-state index contributed by atoms with van der Waals surface area (Å²) in [5, 5.41) is 2.88. The first-order valence-electron chi connectivity index (χ1n) is 7.02. The van der Waals surface area contributed by atoms with E-state index in [1.54, 1.807) is 20.0 Å². The van der Waals surface area contributed by atoms with Crippen molar-refractivity contribution in [2.45, 2.75) is 26.7 Å². The number of carbonyl (C=O) groups is 2. The van der Waals surface area contributed by atoms with Crippen molar-refractivity contribution in [3.8, 4) is 0 Å². The van der Waals surface area contributed by atoms with Gasteiger partial charge in [0, 0.05) is 38.3 Å². The van der Waals surface area contributed by atoms with E-state index in [0.717, 1.165) is 38.3 Å². The van der Waals surface area contributed by atoms with Gasteiger partial charge in [-0.15, -0.1) is 0 Å². The van der Waals surface area contributed by atoms with Crippen LogP contribution in [0, 0.1) is 5.92 Å². The number of aromatic nitrogens is 1. The lowest BCUT2D eigenvalue weighted by Crippen LogP contribution is -2.38. The SMILES string of the molecule is CC(=O)NCC1CCN(c2ccc(C(C)=O)cn2)CC1. The summed E-state index contributed by atoms with van der Waals surface area (Å²) in [5.41, 5.74) is 0.647. The number of anilines is 1. The molecular formula is C15H21N3O2. The number of piperidine rings is 1. The summed E-state index contributed by atoms with van der Waals surface area (Å²) in [4.78, 5) is 28.7. The lowest BCUT2D eigenvalue weighted by Gasteiger charge is -2.32. The molecule has 5 heteroatoms. The summed E-state index contributed by atoms with van der Waals surface area (Å²) in [5.74, 6) is 1.55. The Bertz CT molecular complexity index is 476. The van der Waals surface area contributed by atoms with Gasteiger partial charge in [0.25, 0.3) is 0 Å². The fraction of sp³-hybridized carbons (Fsp3) is 0.533. The molecule has 108 valence electrons. The van der Waals surface area contributed by atoms with Gasteiger partial charge in [0.1, 0.15) is 5.82 Å². The van der Waals surface area contributed by atoms with E-state index >= 15 is 0 Å². The van der Waals surface area contributed by atoms with Crippen LogP contribution in [0.5, 0.6) is 0 Å². The molecule has 1 saturated heterocycles. The maximum absolute atomic E-state index is 11.2. The molecule has 0 aliphatic carbocycles. The Balaban J connectivity index is 1.87. The Morgan fingerprint density at radius 3 is 2.50 bits per heavy atom. The zero-order valence-corrected chi connectivity index (χ0v) is 12.1. The fourth-order valence-corrected chi connectivity index (χ4v) is 2.44. The number of carbonyl (C=O) groups excluding carboxylic acids is 2. The maximum Gasteiger partial charge on any atom is 0.216 e. The van der Waals surface area contributed by atoms with E-state index in [1.807, 2.05) is 12.1 Å². The first-order valence-corrected chi connectivity index (χ1v) is 7.02. The van der Waals surface area contributed by atoms with Crippen molar-refractivity contribution >= 4 is 17.5 Å². The van der Waals surface area contributed by atoms with Crippen molar-refractivity contribution in [3.63, 3.8) is 0 Å². The first kappa shape index (κ1) is 14.5. The second kappa shape index (κ2) is 6.50. The van der Waals surface area contributed by atoms with Crippen LogP contribution < -0.4 is 10.2 Å². The Hall–Kier alpha value is -1.91. The van der Waals surface area contributed by atoms with Crippen molar-refractivity contribution in [1.82, 2.24) is 10.3 Å². The Morgan fingerprint density at radius 2 is 2.00 bits per heavy atom. The maximum atomic E-state index is 11.2. The van der Waals surface area contributed by atoms with E-state index in [9.17, 15) is 9.59 Å². The number of amides is 1. The van der Waals surface area contributed by atoms with Crippen LogP contribution in [0.25, 0.3) is 0 Å². The van der Waals surface area contributed by atoms with Crippen LogP contribution in [-0.4, -0.2) is 36.3 Å². The largest absolute Gasteiger partial charge is 0.357 e. The van der Waals surface area contributed by atoms with Gasteiger partial charge in [0.2, 0.25) is 5.91 Å². The van der Waals surface area contributed by atoms with Gasteiger partial charge in [-0.2, -0.15) is 0 Å². The smallest absolute Gasteiger partial charge is 0.216 e. The van der Waals surface area contributed by atoms with Crippen LogP contribution in [0.4, 0.5) is 5.82 Å². The number of ketones is 1. The van der Waals surface area contributed by atoms with Crippen LogP contribution in [0.15, 0.2) is 18.3 Å². The quantitative estimate of drug-likeness (QED) is 0.849. The Kier molecular flexibility index (Phi) is 4.71. The van der Waals surface area contributed by atoms with Crippen molar-refractivity contribution in [2.75, 3.05) is 24.5 Å². The highest BCUT2D eigenvalue weighted by Gasteiger charge is 2.20. The topological polar surface area (TPSA) is 62.3 Å². The second-order valence-electron chi connectivity index (χ2n) is 5.33. The van der Waals surface area contributed by atoms with Gasteiger partial charge in [-0.25, -0.2) is 4.98 Å². The fourth-order valence-electron chi connectivity index (χ4n) is 2.44. The number of Topliss-reactive ketones (excluding diaryl/α,β-unsaturated/α-hetero) is 1. The monoisotopic (exact) mass is 275 g/mol. The van der Waals surface area contributed by atoms with Gasteiger partial charge < -0.3 is 10.2 Å². The summed E-state index contributed by atoms with van der Waals surface area (Å²) in [6.07, 6.45) is 3.74. The number of hydrogen-bond acceptors (Lipinski definition) is 4. The van der Waals surface area contributed by atoms with E-state index in [-0.39, 0.29) is 11.7 Å². The molecule has 1 aliphatic rings. The first-order chi connectivity index (χ1) is 9.56. The number of nitrogens with one attached hydrogen (secondary N) is 1. The van der Waals surface area contributed by atoms with Crippen molar-refractivity contribution < 1.29 is 9.59 Å². The highest BCUT2D eigenvalue weighted by atomic mass is 16.1. The van der Waals surface area contributed by atoms with Crippen molar-refractivity contribution in [2.24, 2.45) is 5.92 Å². The average molecular weight is 275 g/mol. The molecule has 1 fully saturated rings. The lowest BCUT2D eigenvalue weighted by molar-refractivity contribution is -0.119. The molecular weight excluding hydrogens is 254 g/mol. The van der Waals surface area contributed by atoms with Crippen molar-refractivity contribution in [1.29, 1.82) is 0 Å². The zero-order valence-electron chi connectivity index (χ0n) is 12.1. The van der Waals surface area contributed by atoms with Crippen LogP contribution in [0.1, 0.15) is 37.0 Å². The van der Waals surface area contributed by atoms with E-state index in [1.165, 1.54) is 0 Å². The minimum atomic E-state index is 0.0360. The molecule has 1 N–H and O–H groups in total. The minimum absolute atomic E-state index is 0.0360. The molecule has 0 aromatic carbocycles. The summed E-state index contributed by atoms with van der Waals surface area (Å²) >= 11 is 0. The third-order valence-electron chi connectivity index (χ3n) is 3.73. The van der Waals surface area contributed by atoms with Gasteiger partial charge in [-0.05, 0) is 37.8 Å². The van der Waals surface area contributed by atoms with Crippen LogP contribution in [-0.2, 0) is 4.79 Å². The zero-order chi connectivity index (χ0) is 14.5. The van der Waals surface area contributed by atoms with Gasteiger partial charge in [0.15, 0.2) is 5.78 Å². The minimum Gasteiger partial charge on any atom is -0.357 e. The Morgan fingerprint density at radius 1 is 1.30 bits per heavy atom. The van der Waals surface area contributed by atoms with E-state index in [2.05, 4.69) is 15.2 Å². The molecule has 20 heavy (non-hydrogen) atoms. The van der Waals surface area contributed by atoms with E-state index in [4.69, 9.17) is 0 Å². The summed E-state index contributed by atoms with van der Waals surface area (Å²) in [7, 11) is 0. The van der Waals surface area contributed by atoms with Crippen molar-refractivity contribution in [3.05, 3.63) is 23.9 Å². The third-order valence-corrected chi connectivity index (χ3v) is 3.73. The average Bonchev–Trinajstić information content (AvgIpc) is 2.46. The molecule has 0 unspecified atom stereocenters. The number of nitrogens with zero attached hydrogens (tertiary/aromatic N) is 2. The molecule has 2 rings (SSSR count). The lowest BCUT2D eigenvalue weighted by atomic mass is 9.97. The summed E-state index contributed by atoms with van der Waals surface area (Å²) < 4.78 is 0. The Labute approximate surface area is 119 Å². The number of rotatable bonds is 4. The van der Waals surface area contributed by atoms with E-state index < -0.39 is 0 Å². The van der Waals surface area contributed by atoms with E-state index in [0.29, 0.717) is 11.5 Å². The third kappa shape index (κ3) is 3.79. The molecule has 1 amide bonds. The summed E-state index contributed by atoms with van der Waals surface area (Å²) in [6.45, 7) is 5.74. The molecule has 1 aliphatic heterocycles. The molecule has 0 saturated carbocycles. The predicted molar refractivity (Wildman–Crippen MR) is 77.9 cm³/mol. The molecule has 1 aromatic heterocycles. The predicted octanol–water partition coefficient (Wildman–Crippen LogP) is 1.64. The summed E-state index contributed by atoms with van der Waals surface area (Å²) in [6, 6.07) is 3.74. The molecule has 0 bridgehead atoms. The molecule has 2 heterocycles. The van der Waals surface area contributed by atoms with Gasteiger partial charge in [0.05, 0.1) is 0 Å². The molecule has 1 aromatic rings. The van der Waals surface area contributed by atoms with Gasteiger partial charge in [-0.3, -0.25) is 9.59 Å². The molecule has 0 radical (unpaired) electrons. The molecule has 0 spiro atoms. The number of hydrogen-bond donors (Lipinski definition) is 1. The highest BCUT2D eigenvalue weighted by molar-refractivity contribution is 5.93. The second-order valence-corrected chi connectivity index (χ2v) is 5.33. The number of pyridine rings is 1. The molecule has 0 atom stereocenters. The van der Waals surface area contributed by atoms with Gasteiger partial charge >= 0.3 is 0 Å².